The van der Waals surface area contributed by atoms with Crippen LogP contribution < -0.4 is 0 Å². The van der Waals surface area contributed by atoms with E-state index >= 15 is 0 Å². The van der Waals surface area contributed by atoms with E-state index in [4.69, 9.17) is 0 Å². The van der Waals surface area contributed by atoms with Gasteiger partial charge in [0, 0.05) is 17.6 Å². The highest BCUT2D eigenvalue weighted by molar-refractivity contribution is 6.00. The molecule has 0 bridgehead atoms. The first-order chi connectivity index (χ1) is 10.5. The fourth-order valence-electron chi connectivity index (χ4n) is 3.87. The Balaban J connectivity index is 1.69. The van der Waals surface area contributed by atoms with Gasteiger partial charge in [-0.25, -0.2) is 9.97 Å². The first-order valence-electron chi connectivity index (χ1n) is 8.05. The van der Waals surface area contributed by atoms with E-state index in [0.717, 1.165) is 42.2 Å². The SMILES string of the molecule is CC(C)(O)[C@H]1CC[C@H](n2cnc3cnc4[nH]ccc4c32)CC1. The number of aromatic nitrogens is 4. The molecule has 2 N–H and O–H groups in total. The highest BCUT2D eigenvalue weighted by Gasteiger charge is 2.32. The van der Waals surface area contributed by atoms with Crippen LogP contribution in [0.4, 0.5) is 0 Å². The second-order valence-electron chi connectivity index (χ2n) is 7.04. The summed E-state index contributed by atoms with van der Waals surface area (Å²) in [5, 5.41) is 11.4. The minimum Gasteiger partial charge on any atom is -0.390 e. The largest absolute Gasteiger partial charge is 0.390 e. The van der Waals surface area contributed by atoms with E-state index in [9.17, 15) is 5.11 Å². The summed E-state index contributed by atoms with van der Waals surface area (Å²) in [7, 11) is 0. The Morgan fingerprint density at radius 1 is 1.23 bits per heavy atom. The summed E-state index contributed by atoms with van der Waals surface area (Å²) < 4.78 is 2.31. The quantitative estimate of drug-likeness (QED) is 0.762. The van der Waals surface area contributed by atoms with Gasteiger partial charge in [-0.05, 0) is 51.5 Å². The summed E-state index contributed by atoms with van der Waals surface area (Å²) in [6.45, 7) is 3.86. The van der Waals surface area contributed by atoms with Crippen molar-refractivity contribution in [1.29, 1.82) is 0 Å². The maximum Gasteiger partial charge on any atom is 0.139 e. The van der Waals surface area contributed by atoms with E-state index in [0.29, 0.717) is 12.0 Å². The van der Waals surface area contributed by atoms with Crippen LogP contribution in [-0.2, 0) is 0 Å². The van der Waals surface area contributed by atoms with E-state index < -0.39 is 5.60 Å². The number of aliphatic hydroxyl groups is 1. The number of rotatable bonds is 2. The van der Waals surface area contributed by atoms with Gasteiger partial charge in [-0.1, -0.05) is 0 Å². The van der Waals surface area contributed by atoms with Crippen LogP contribution in [0.3, 0.4) is 0 Å². The lowest BCUT2D eigenvalue weighted by Gasteiger charge is -2.36. The van der Waals surface area contributed by atoms with Crippen LogP contribution in [0.2, 0.25) is 0 Å². The van der Waals surface area contributed by atoms with Gasteiger partial charge in [0.25, 0.3) is 0 Å². The molecule has 1 saturated carbocycles. The van der Waals surface area contributed by atoms with E-state index in [1.165, 1.54) is 5.52 Å². The third-order valence-electron chi connectivity index (χ3n) is 5.21. The molecule has 1 aliphatic rings. The van der Waals surface area contributed by atoms with Crippen molar-refractivity contribution < 1.29 is 5.11 Å². The van der Waals surface area contributed by atoms with E-state index in [2.05, 4.69) is 25.6 Å². The van der Waals surface area contributed by atoms with Crippen molar-refractivity contribution in [3.8, 4) is 0 Å². The van der Waals surface area contributed by atoms with Crippen LogP contribution in [0, 0.1) is 5.92 Å². The van der Waals surface area contributed by atoms with Crippen LogP contribution in [0.5, 0.6) is 0 Å². The number of nitrogens with zero attached hydrogens (tertiary/aromatic N) is 3. The molecule has 0 aliphatic heterocycles. The van der Waals surface area contributed by atoms with E-state index in [1.54, 1.807) is 0 Å². The molecular formula is C17H22N4O. The summed E-state index contributed by atoms with van der Waals surface area (Å²) in [4.78, 5) is 12.1. The van der Waals surface area contributed by atoms with Crippen LogP contribution in [-0.4, -0.2) is 30.2 Å². The number of nitrogens with one attached hydrogen (secondary N) is 1. The third kappa shape index (κ3) is 2.11. The predicted molar refractivity (Wildman–Crippen MR) is 86.7 cm³/mol. The molecular weight excluding hydrogens is 276 g/mol. The lowest BCUT2D eigenvalue weighted by atomic mass is 9.77. The van der Waals surface area contributed by atoms with Crippen molar-refractivity contribution >= 4 is 22.1 Å². The first kappa shape index (κ1) is 13.8. The third-order valence-corrected chi connectivity index (χ3v) is 5.21. The Kier molecular flexibility index (Phi) is 3.01. The second-order valence-corrected chi connectivity index (χ2v) is 7.04. The zero-order chi connectivity index (χ0) is 15.3. The van der Waals surface area contributed by atoms with E-state index in [-0.39, 0.29) is 0 Å². The number of imidazole rings is 1. The first-order valence-corrected chi connectivity index (χ1v) is 8.05. The van der Waals surface area contributed by atoms with Crippen molar-refractivity contribution in [1.82, 2.24) is 19.5 Å². The van der Waals surface area contributed by atoms with E-state index in [1.807, 2.05) is 32.6 Å². The molecule has 116 valence electrons. The van der Waals surface area contributed by atoms with Gasteiger partial charge in [0.2, 0.25) is 0 Å². The van der Waals surface area contributed by atoms with Gasteiger partial charge < -0.3 is 14.7 Å². The van der Waals surface area contributed by atoms with Gasteiger partial charge in [-0.3, -0.25) is 0 Å². The molecule has 0 spiro atoms. The number of fused-ring (bicyclic) bond motifs is 3. The minimum absolute atomic E-state index is 0.396. The summed E-state index contributed by atoms with van der Waals surface area (Å²) in [6.07, 6.45) is 10.0. The van der Waals surface area contributed by atoms with Crippen LogP contribution >= 0.6 is 0 Å². The molecule has 3 heterocycles. The standard InChI is InChI=1S/C17H22N4O/c1-17(2,22)11-3-5-12(6-4-11)21-10-20-14-9-19-16-13(15(14)21)7-8-18-16/h7-12,22H,3-6H2,1-2H3,(H,18,19)/t11-,12-. The Hall–Kier alpha value is -1.88. The fourth-order valence-corrected chi connectivity index (χ4v) is 3.87. The Labute approximate surface area is 129 Å². The van der Waals surface area contributed by atoms with Crippen molar-refractivity contribution in [2.75, 3.05) is 0 Å². The number of H-pyrrole nitrogens is 1. The van der Waals surface area contributed by atoms with Crippen molar-refractivity contribution in [2.24, 2.45) is 5.92 Å². The molecule has 4 rings (SSSR count). The van der Waals surface area contributed by atoms with Gasteiger partial charge in [0.1, 0.15) is 11.2 Å². The van der Waals surface area contributed by atoms with Gasteiger partial charge in [-0.15, -0.1) is 0 Å². The highest BCUT2D eigenvalue weighted by Crippen LogP contribution is 2.39. The molecule has 1 fully saturated rings. The van der Waals surface area contributed by atoms with Crippen molar-refractivity contribution in [2.45, 2.75) is 51.2 Å². The maximum atomic E-state index is 10.2. The molecule has 5 heteroatoms. The zero-order valence-corrected chi connectivity index (χ0v) is 13.1. The Morgan fingerprint density at radius 3 is 2.73 bits per heavy atom. The van der Waals surface area contributed by atoms with Gasteiger partial charge in [-0.2, -0.15) is 0 Å². The smallest absolute Gasteiger partial charge is 0.139 e. The summed E-state index contributed by atoms with van der Waals surface area (Å²) in [5.74, 6) is 0.396. The maximum absolute atomic E-state index is 10.2. The molecule has 22 heavy (non-hydrogen) atoms. The molecule has 5 nitrogen and oxygen atoms in total. The monoisotopic (exact) mass is 298 g/mol. The average Bonchev–Trinajstić information content (AvgIpc) is 3.12. The molecule has 0 saturated heterocycles. The molecule has 0 unspecified atom stereocenters. The molecule has 0 amide bonds. The fraction of sp³-hybridized carbons (Fsp3) is 0.529. The predicted octanol–water partition coefficient (Wildman–Crippen LogP) is 3.41. The van der Waals surface area contributed by atoms with Crippen molar-refractivity contribution in [3.05, 3.63) is 24.8 Å². The van der Waals surface area contributed by atoms with Gasteiger partial charge in [0.15, 0.2) is 0 Å². The van der Waals surface area contributed by atoms with Gasteiger partial charge in [0.05, 0.1) is 23.6 Å². The number of aromatic amines is 1. The number of pyridine rings is 1. The lowest BCUT2D eigenvalue weighted by molar-refractivity contribution is -0.00465. The molecule has 1 aliphatic carbocycles. The summed E-state index contributed by atoms with van der Waals surface area (Å²) in [6, 6.07) is 2.54. The number of hydrogen-bond donors (Lipinski definition) is 2. The van der Waals surface area contributed by atoms with Crippen LogP contribution in [0.15, 0.2) is 24.8 Å². The topological polar surface area (TPSA) is 66.7 Å². The van der Waals surface area contributed by atoms with Crippen molar-refractivity contribution in [3.63, 3.8) is 0 Å². The molecule has 0 atom stereocenters. The normalized spacial score (nSPS) is 23.4. The zero-order valence-electron chi connectivity index (χ0n) is 13.1. The summed E-state index contributed by atoms with van der Waals surface area (Å²) >= 11 is 0. The summed E-state index contributed by atoms with van der Waals surface area (Å²) in [5.41, 5.74) is 2.48. The minimum atomic E-state index is -0.570. The molecule has 0 aromatic carbocycles. The molecule has 3 aromatic rings. The number of hydrogen-bond acceptors (Lipinski definition) is 3. The second kappa shape index (κ2) is 4.81. The Bertz CT molecular complexity index is 803. The highest BCUT2D eigenvalue weighted by atomic mass is 16.3. The van der Waals surface area contributed by atoms with Gasteiger partial charge >= 0.3 is 0 Å². The molecule has 3 aromatic heterocycles. The van der Waals surface area contributed by atoms with Crippen LogP contribution in [0.1, 0.15) is 45.6 Å². The average molecular weight is 298 g/mol. The lowest BCUT2D eigenvalue weighted by Crippen LogP contribution is -2.34. The molecule has 0 radical (unpaired) electrons. The van der Waals surface area contributed by atoms with Crippen LogP contribution in [0.25, 0.3) is 22.1 Å². The Morgan fingerprint density at radius 2 is 2.00 bits per heavy atom.